The van der Waals surface area contributed by atoms with Crippen molar-refractivity contribution in [3.8, 4) is 12.3 Å². The zero-order chi connectivity index (χ0) is 13.1. The van der Waals surface area contributed by atoms with E-state index in [1.165, 1.54) is 15.7 Å². The summed E-state index contributed by atoms with van der Waals surface area (Å²) >= 11 is 1.36. The quantitative estimate of drug-likeness (QED) is 0.826. The minimum atomic E-state index is -0.470. The number of nitrogens with zero attached hydrogens (tertiary/aromatic N) is 2. The average Bonchev–Trinajstić information content (AvgIpc) is 2.84. The number of carbonyl (C=O) groups excluding carboxylic acids is 1. The Morgan fingerprint density at radius 2 is 2.44 bits per heavy atom. The van der Waals surface area contributed by atoms with Crippen LogP contribution in [0.25, 0.3) is 4.96 Å². The molecule has 0 spiro atoms. The molecule has 0 saturated heterocycles. The number of rotatable bonds is 3. The van der Waals surface area contributed by atoms with Crippen LogP contribution in [0, 0.1) is 12.3 Å². The van der Waals surface area contributed by atoms with Crippen LogP contribution in [-0.2, 0) is 6.42 Å². The van der Waals surface area contributed by atoms with Crippen LogP contribution in [0.1, 0.15) is 23.0 Å². The summed E-state index contributed by atoms with van der Waals surface area (Å²) in [6, 6.07) is 0. The van der Waals surface area contributed by atoms with E-state index in [0.717, 1.165) is 0 Å². The second-order valence-corrected chi connectivity index (χ2v) is 4.41. The molecule has 2 aromatic rings. The molecule has 92 valence electrons. The van der Waals surface area contributed by atoms with Gasteiger partial charge in [0, 0.05) is 11.6 Å². The lowest BCUT2D eigenvalue weighted by molar-refractivity contribution is 0.0955. The van der Waals surface area contributed by atoms with Crippen molar-refractivity contribution in [2.75, 3.05) is 6.54 Å². The highest BCUT2D eigenvalue weighted by molar-refractivity contribution is 7.15. The number of amides is 1. The molecule has 6 heteroatoms. The summed E-state index contributed by atoms with van der Waals surface area (Å²) in [6.45, 7) is 1.94. The number of aromatic nitrogens is 2. The number of aryl methyl sites for hydroxylation is 1. The maximum atomic E-state index is 12.2. The van der Waals surface area contributed by atoms with E-state index in [9.17, 15) is 9.59 Å². The van der Waals surface area contributed by atoms with Crippen LogP contribution in [-0.4, -0.2) is 21.8 Å². The maximum Gasteiger partial charge on any atom is 0.271 e. The number of hydrogen-bond acceptors (Lipinski definition) is 4. The molecular weight excluding hydrogens is 250 g/mol. The Kier molecular flexibility index (Phi) is 3.44. The summed E-state index contributed by atoms with van der Waals surface area (Å²) in [4.78, 5) is 29.0. The first-order valence-corrected chi connectivity index (χ1v) is 6.27. The van der Waals surface area contributed by atoms with Gasteiger partial charge in [0.05, 0.1) is 12.2 Å². The van der Waals surface area contributed by atoms with Crippen molar-refractivity contribution in [1.29, 1.82) is 0 Å². The lowest BCUT2D eigenvalue weighted by atomic mass is 10.1. The maximum absolute atomic E-state index is 12.2. The molecular formula is C12H11N3O2S. The predicted octanol–water partition coefficient (Wildman–Crippen LogP) is 0.681. The third-order valence-electron chi connectivity index (χ3n) is 2.45. The van der Waals surface area contributed by atoms with E-state index in [-0.39, 0.29) is 17.7 Å². The fraction of sp³-hybridized carbons (Fsp3) is 0.250. The van der Waals surface area contributed by atoms with E-state index in [1.54, 1.807) is 11.6 Å². The highest BCUT2D eigenvalue weighted by atomic mass is 32.1. The molecule has 2 heterocycles. The molecule has 1 N–H and O–H groups in total. The Hall–Kier alpha value is -2.13. The van der Waals surface area contributed by atoms with Crippen LogP contribution in [0.2, 0.25) is 0 Å². The Morgan fingerprint density at radius 3 is 3.11 bits per heavy atom. The third kappa shape index (κ3) is 2.00. The summed E-state index contributed by atoms with van der Waals surface area (Å²) < 4.78 is 1.37. The molecule has 0 atom stereocenters. The minimum absolute atomic E-state index is 0.0728. The van der Waals surface area contributed by atoms with Crippen LogP contribution in [0.15, 0.2) is 16.4 Å². The third-order valence-corrected chi connectivity index (χ3v) is 3.21. The lowest BCUT2D eigenvalue weighted by Crippen LogP contribution is -2.33. The molecule has 0 aliphatic heterocycles. The van der Waals surface area contributed by atoms with Gasteiger partial charge < -0.3 is 5.32 Å². The van der Waals surface area contributed by atoms with E-state index in [1.807, 2.05) is 6.92 Å². The number of nitrogens with one attached hydrogen (secondary N) is 1. The van der Waals surface area contributed by atoms with Gasteiger partial charge in [0.1, 0.15) is 5.56 Å². The molecule has 0 saturated carbocycles. The van der Waals surface area contributed by atoms with Crippen molar-refractivity contribution in [2.24, 2.45) is 0 Å². The zero-order valence-corrected chi connectivity index (χ0v) is 10.6. The predicted molar refractivity (Wildman–Crippen MR) is 69.9 cm³/mol. The van der Waals surface area contributed by atoms with E-state index in [2.05, 4.69) is 16.2 Å². The van der Waals surface area contributed by atoms with Crippen molar-refractivity contribution in [2.45, 2.75) is 13.3 Å². The summed E-state index contributed by atoms with van der Waals surface area (Å²) in [5.41, 5.74) is 0.216. The zero-order valence-electron chi connectivity index (χ0n) is 9.77. The van der Waals surface area contributed by atoms with Crippen LogP contribution < -0.4 is 10.9 Å². The first-order chi connectivity index (χ1) is 8.69. The van der Waals surface area contributed by atoms with Gasteiger partial charge in [0.2, 0.25) is 0 Å². The molecule has 18 heavy (non-hydrogen) atoms. The summed E-state index contributed by atoms with van der Waals surface area (Å²) in [5.74, 6) is 1.83. The van der Waals surface area contributed by atoms with Crippen molar-refractivity contribution in [3.63, 3.8) is 0 Å². The van der Waals surface area contributed by atoms with E-state index >= 15 is 0 Å². The molecule has 0 fully saturated rings. The van der Waals surface area contributed by atoms with Crippen LogP contribution >= 0.6 is 11.3 Å². The monoisotopic (exact) mass is 261 g/mol. The van der Waals surface area contributed by atoms with Gasteiger partial charge in [-0.15, -0.1) is 17.8 Å². The van der Waals surface area contributed by atoms with E-state index < -0.39 is 5.91 Å². The first-order valence-electron chi connectivity index (χ1n) is 5.39. The Morgan fingerprint density at radius 1 is 1.67 bits per heavy atom. The standard InChI is InChI=1S/C12H11N3O2S/c1-3-5-13-10(16)9-8(4-2)14-12-15(11(9)17)6-7-18-12/h1,6-7H,4-5H2,2H3,(H,13,16). The summed E-state index contributed by atoms with van der Waals surface area (Å²) in [6.07, 6.45) is 7.20. The van der Waals surface area contributed by atoms with Gasteiger partial charge in [0.25, 0.3) is 11.5 Å². The average molecular weight is 261 g/mol. The van der Waals surface area contributed by atoms with Crippen molar-refractivity contribution >= 4 is 22.2 Å². The molecule has 0 unspecified atom stereocenters. The SMILES string of the molecule is C#CCNC(=O)c1c(CC)nc2sccn2c1=O. The van der Waals surface area contributed by atoms with Crippen LogP contribution in [0.5, 0.6) is 0 Å². The Balaban J connectivity index is 2.61. The Labute approximate surface area is 107 Å². The normalized spacial score (nSPS) is 10.2. The Bertz CT molecular complexity index is 693. The summed E-state index contributed by atoms with van der Waals surface area (Å²) in [7, 11) is 0. The van der Waals surface area contributed by atoms with E-state index in [4.69, 9.17) is 6.42 Å². The van der Waals surface area contributed by atoms with Gasteiger partial charge >= 0.3 is 0 Å². The van der Waals surface area contributed by atoms with Crippen LogP contribution in [0.4, 0.5) is 0 Å². The minimum Gasteiger partial charge on any atom is -0.341 e. The van der Waals surface area contributed by atoms with E-state index in [0.29, 0.717) is 17.1 Å². The fourth-order valence-electron chi connectivity index (χ4n) is 1.63. The molecule has 2 aromatic heterocycles. The van der Waals surface area contributed by atoms with Crippen molar-refractivity contribution in [1.82, 2.24) is 14.7 Å². The summed E-state index contributed by atoms with van der Waals surface area (Å²) in [5, 5.41) is 4.25. The van der Waals surface area contributed by atoms with Gasteiger partial charge in [-0.1, -0.05) is 12.8 Å². The van der Waals surface area contributed by atoms with Crippen LogP contribution in [0.3, 0.4) is 0 Å². The molecule has 1 amide bonds. The molecule has 0 aliphatic rings. The second kappa shape index (κ2) is 5.02. The topological polar surface area (TPSA) is 63.5 Å². The van der Waals surface area contributed by atoms with Gasteiger partial charge in [0.15, 0.2) is 4.96 Å². The fourth-order valence-corrected chi connectivity index (χ4v) is 2.35. The first kappa shape index (κ1) is 12.3. The van der Waals surface area contributed by atoms with Crippen molar-refractivity contribution in [3.05, 3.63) is 33.2 Å². The van der Waals surface area contributed by atoms with Gasteiger partial charge in [-0.3, -0.25) is 14.0 Å². The molecule has 0 aromatic carbocycles. The van der Waals surface area contributed by atoms with Gasteiger partial charge in [-0.05, 0) is 6.42 Å². The molecule has 2 rings (SSSR count). The molecule has 5 nitrogen and oxygen atoms in total. The lowest BCUT2D eigenvalue weighted by Gasteiger charge is -2.06. The molecule has 0 bridgehead atoms. The number of terminal acetylenes is 1. The highest BCUT2D eigenvalue weighted by Crippen LogP contribution is 2.10. The molecule has 0 radical (unpaired) electrons. The smallest absolute Gasteiger partial charge is 0.271 e. The van der Waals surface area contributed by atoms with Gasteiger partial charge in [-0.25, -0.2) is 4.98 Å². The highest BCUT2D eigenvalue weighted by Gasteiger charge is 2.18. The largest absolute Gasteiger partial charge is 0.341 e. The second-order valence-electron chi connectivity index (χ2n) is 3.53. The number of hydrogen-bond donors (Lipinski definition) is 1. The van der Waals surface area contributed by atoms with Gasteiger partial charge in [-0.2, -0.15) is 0 Å². The van der Waals surface area contributed by atoms with Crippen molar-refractivity contribution < 1.29 is 4.79 Å². The molecule has 0 aliphatic carbocycles. The number of fused-ring (bicyclic) bond motifs is 1. The number of thiazole rings is 1. The number of carbonyl (C=O) groups is 1.